The van der Waals surface area contributed by atoms with Gasteiger partial charge in [0.25, 0.3) is 0 Å². The molecule has 0 aromatic rings. The SMILES string of the molecule is COC(=O)[C@]12CCC(C)(C)C[C@H]1C1=CC[C@H]3[C@@]4(C)CC[C@H](O)C(C)(C)[C@H]4CC[C@@]3(C)[C@]1(C)C[C@H]2O. The highest BCUT2D eigenvalue weighted by molar-refractivity contribution is 5.79. The van der Waals surface area contributed by atoms with Gasteiger partial charge in [0, 0.05) is 0 Å². The minimum Gasteiger partial charge on any atom is -0.468 e. The van der Waals surface area contributed by atoms with E-state index in [1.807, 2.05) is 0 Å². The third-order valence-electron chi connectivity index (χ3n) is 13.2. The molecule has 35 heavy (non-hydrogen) atoms. The summed E-state index contributed by atoms with van der Waals surface area (Å²) in [5.41, 5.74) is 0.803. The Balaban J connectivity index is 1.63. The maximum absolute atomic E-state index is 13.4. The molecule has 9 atom stereocenters. The van der Waals surface area contributed by atoms with E-state index in [9.17, 15) is 15.0 Å². The summed E-state index contributed by atoms with van der Waals surface area (Å²) in [6, 6.07) is 0. The Morgan fingerprint density at radius 3 is 2.23 bits per heavy atom. The second-order valence-electron chi connectivity index (χ2n) is 15.3. The van der Waals surface area contributed by atoms with Crippen molar-refractivity contribution in [2.24, 2.45) is 50.2 Å². The van der Waals surface area contributed by atoms with E-state index in [0.717, 1.165) is 44.9 Å². The minimum atomic E-state index is -0.809. The number of fused-ring (bicyclic) bond motifs is 7. The van der Waals surface area contributed by atoms with Crippen molar-refractivity contribution in [3.05, 3.63) is 11.6 Å². The number of aliphatic hydroxyl groups is 2. The average molecular weight is 487 g/mol. The minimum absolute atomic E-state index is 0.0420. The molecular formula is C31H50O4. The highest BCUT2D eigenvalue weighted by Crippen LogP contribution is 2.75. The van der Waals surface area contributed by atoms with Gasteiger partial charge in [-0.3, -0.25) is 4.79 Å². The Morgan fingerprint density at radius 2 is 1.57 bits per heavy atom. The molecule has 0 unspecified atom stereocenters. The monoisotopic (exact) mass is 486 g/mol. The van der Waals surface area contributed by atoms with Crippen LogP contribution in [0.3, 0.4) is 0 Å². The van der Waals surface area contributed by atoms with Crippen molar-refractivity contribution in [3.8, 4) is 0 Å². The third-order valence-corrected chi connectivity index (χ3v) is 13.2. The van der Waals surface area contributed by atoms with Gasteiger partial charge in [0.05, 0.1) is 19.3 Å². The van der Waals surface area contributed by atoms with E-state index in [1.54, 1.807) is 0 Å². The van der Waals surface area contributed by atoms with E-state index in [-0.39, 0.29) is 45.1 Å². The lowest BCUT2D eigenvalue weighted by Crippen LogP contribution is -2.67. The molecule has 0 aromatic carbocycles. The Labute approximate surface area is 213 Å². The summed E-state index contributed by atoms with van der Waals surface area (Å²) in [6.45, 7) is 16.7. The lowest BCUT2D eigenvalue weighted by molar-refractivity contribution is -0.219. The largest absolute Gasteiger partial charge is 0.468 e. The second-order valence-corrected chi connectivity index (χ2v) is 15.3. The molecular weight excluding hydrogens is 436 g/mol. The number of carbonyl (C=O) groups is 1. The van der Waals surface area contributed by atoms with Crippen LogP contribution in [0.2, 0.25) is 0 Å². The van der Waals surface area contributed by atoms with Crippen molar-refractivity contribution in [2.75, 3.05) is 7.11 Å². The predicted molar refractivity (Wildman–Crippen MR) is 138 cm³/mol. The first kappa shape index (κ1) is 25.8. The van der Waals surface area contributed by atoms with Gasteiger partial charge in [-0.25, -0.2) is 0 Å². The maximum Gasteiger partial charge on any atom is 0.315 e. The third kappa shape index (κ3) is 3.08. The first-order chi connectivity index (χ1) is 16.1. The number of allylic oxidation sites excluding steroid dienone is 2. The molecule has 0 radical (unpaired) electrons. The van der Waals surface area contributed by atoms with Gasteiger partial charge >= 0.3 is 5.97 Å². The van der Waals surface area contributed by atoms with Crippen LogP contribution >= 0.6 is 0 Å². The molecule has 0 heterocycles. The molecule has 198 valence electrons. The summed E-state index contributed by atoms with van der Waals surface area (Å²) in [5.74, 6) is 0.857. The number of carbonyl (C=O) groups excluding carboxylic acids is 1. The number of hydrogen-bond donors (Lipinski definition) is 2. The molecule has 2 N–H and O–H groups in total. The van der Waals surface area contributed by atoms with Crippen LogP contribution in [0.25, 0.3) is 0 Å². The van der Waals surface area contributed by atoms with Crippen LogP contribution in [-0.2, 0) is 9.53 Å². The Morgan fingerprint density at radius 1 is 0.886 bits per heavy atom. The van der Waals surface area contributed by atoms with E-state index in [0.29, 0.717) is 24.7 Å². The summed E-state index contributed by atoms with van der Waals surface area (Å²) >= 11 is 0. The number of aliphatic hydroxyl groups excluding tert-OH is 2. The molecule has 4 heteroatoms. The molecule has 0 aromatic heterocycles. The van der Waals surface area contributed by atoms with Crippen molar-refractivity contribution in [1.29, 1.82) is 0 Å². The number of rotatable bonds is 1. The molecule has 0 saturated heterocycles. The van der Waals surface area contributed by atoms with E-state index in [1.165, 1.54) is 12.7 Å². The molecule has 0 bridgehead atoms. The van der Waals surface area contributed by atoms with E-state index in [2.05, 4.69) is 54.5 Å². The van der Waals surface area contributed by atoms with Crippen LogP contribution < -0.4 is 0 Å². The number of ether oxygens (including phenoxy) is 1. The van der Waals surface area contributed by atoms with Gasteiger partial charge in [-0.15, -0.1) is 0 Å². The molecule has 5 aliphatic carbocycles. The van der Waals surface area contributed by atoms with Crippen LogP contribution in [0.4, 0.5) is 0 Å². The molecule has 0 amide bonds. The molecule has 4 saturated carbocycles. The topological polar surface area (TPSA) is 66.8 Å². The van der Waals surface area contributed by atoms with Crippen molar-refractivity contribution in [1.82, 2.24) is 0 Å². The van der Waals surface area contributed by atoms with E-state index >= 15 is 0 Å². The summed E-state index contributed by atoms with van der Waals surface area (Å²) in [4.78, 5) is 13.4. The summed E-state index contributed by atoms with van der Waals surface area (Å²) in [5, 5.41) is 22.8. The lowest BCUT2D eigenvalue weighted by Gasteiger charge is -2.71. The Kier molecular flexibility index (Phi) is 5.59. The highest BCUT2D eigenvalue weighted by Gasteiger charge is 2.71. The fourth-order valence-electron chi connectivity index (χ4n) is 10.9. The first-order valence-corrected chi connectivity index (χ1v) is 14.3. The van der Waals surface area contributed by atoms with Crippen molar-refractivity contribution >= 4 is 5.97 Å². The van der Waals surface area contributed by atoms with Crippen molar-refractivity contribution in [3.63, 3.8) is 0 Å². The van der Waals surface area contributed by atoms with Gasteiger partial charge in [0.15, 0.2) is 0 Å². The first-order valence-electron chi connectivity index (χ1n) is 14.3. The van der Waals surface area contributed by atoms with Gasteiger partial charge in [0.2, 0.25) is 0 Å². The summed E-state index contributed by atoms with van der Waals surface area (Å²) < 4.78 is 5.40. The van der Waals surface area contributed by atoms with Crippen LogP contribution in [0.5, 0.6) is 0 Å². The number of hydrogen-bond acceptors (Lipinski definition) is 4. The van der Waals surface area contributed by atoms with E-state index in [4.69, 9.17) is 4.74 Å². The van der Waals surface area contributed by atoms with Gasteiger partial charge in [-0.2, -0.15) is 0 Å². The van der Waals surface area contributed by atoms with Gasteiger partial charge in [-0.1, -0.05) is 60.1 Å². The van der Waals surface area contributed by atoms with Gasteiger partial charge < -0.3 is 14.9 Å². The zero-order valence-corrected chi connectivity index (χ0v) is 23.5. The summed E-state index contributed by atoms with van der Waals surface area (Å²) in [6.07, 6.45) is 10.1. The summed E-state index contributed by atoms with van der Waals surface area (Å²) in [7, 11) is 1.49. The quantitative estimate of drug-likeness (QED) is 0.337. The smallest absolute Gasteiger partial charge is 0.315 e. The van der Waals surface area contributed by atoms with Gasteiger partial charge in [-0.05, 0) is 103 Å². The fraction of sp³-hybridized carbons (Fsp3) is 0.903. The zero-order valence-electron chi connectivity index (χ0n) is 23.5. The van der Waals surface area contributed by atoms with Crippen LogP contribution in [-0.4, -0.2) is 35.5 Å². The molecule has 4 fully saturated rings. The van der Waals surface area contributed by atoms with Crippen molar-refractivity contribution in [2.45, 2.75) is 118 Å². The van der Waals surface area contributed by atoms with E-state index < -0.39 is 11.5 Å². The lowest BCUT2D eigenvalue weighted by atomic mass is 9.33. The number of methoxy groups -OCH3 is 1. The normalized spacial score (nSPS) is 52.2. The molecule has 0 aliphatic heterocycles. The van der Waals surface area contributed by atoms with Crippen molar-refractivity contribution < 1.29 is 19.7 Å². The maximum atomic E-state index is 13.4. The van der Waals surface area contributed by atoms with Crippen LogP contribution in [0, 0.1) is 50.2 Å². The molecule has 0 spiro atoms. The zero-order chi connectivity index (χ0) is 25.8. The molecule has 4 nitrogen and oxygen atoms in total. The Hall–Kier alpha value is -0.870. The second kappa shape index (κ2) is 7.59. The molecule has 5 aliphatic rings. The fourth-order valence-corrected chi connectivity index (χ4v) is 10.9. The van der Waals surface area contributed by atoms with Gasteiger partial charge in [0.1, 0.15) is 5.41 Å². The molecule has 5 rings (SSSR count). The highest BCUT2D eigenvalue weighted by atomic mass is 16.5. The Bertz CT molecular complexity index is 934. The average Bonchev–Trinajstić information content (AvgIpc) is 2.76. The van der Waals surface area contributed by atoms with Crippen LogP contribution in [0.1, 0.15) is 106 Å². The van der Waals surface area contributed by atoms with Crippen LogP contribution in [0.15, 0.2) is 11.6 Å². The predicted octanol–water partition coefficient (Wildman–Crippen LogP) is 6.29. The standard InChI is InChI=1S/C31H50O4/c1-26(2)15-16-31(25(34)35-8)20(17-26)19-9-10-22-28(5)13-12-23(32)27(3,4)21(28)11-14-29(22,6)30(19,7)18-24(31)33/h9,20-24,32-33H,10-18H2,1-8H3/t20-,21+,22-,23-,24+,28-,29+,30+,31+/m0/s1. The number of esters is 1.